The quantitative estimate of drug-likeness (QED) is 0.886. The molecule has 0 radical (unpaired) electrons. The molecule has 1 atom stereocenters. The summed E-state index contributed by atoms with van der Waals surface area (Å²) >= 11 is 0. The Morgan fingerprint density at radius 2 is 2.17 bits per heavy atom. The van der Waals surface area contributed by atoms with Gasteiger partial charge in [-0.1, -0.05) is 25.1 Å². The molecule has 1 N–H and O–H groups in total. The van der Waals surface area contributed by atoms with Crippen LogP contribution < -0.4 is 5.32 Å². The van der Waals surface area contributed by atoms with Gasteiger partial charge in [-0.3, -0.25) is 4.79 Å². The van der Waals surface area contributed by atoms with Crippen molar-refractivity contribution in [2.24, 2.45) is 0 Å². The van der Waals surface area contributed by atoms with E-state index in [1.165, 1.54) is 0 Å². The minimum absolute atomic E-state index is 0.303. The molecule has 1 fully saturated rings. The van der Waals surface area contributed by atoms with Crippen LogP contribution in [-0.2, 0) is 4.79 Å². The lowest BCUT2D eigenvalue weighted by atomic mass is 10.0. The Labute approximate surface area is 109 Å². The van der Waals surface area contributed by atoms with Crippen molar-refractivity contribution in [1.82, 2.24) is 4.90 Å². The van der Waals surface area contributed by atoms with Crippen molar-refractivity contribution in [3.63, 3.8) is 0 Å². The molecule has 1 amide bonds. The van der Waals surface area contributed by atoms with Gasteiger partial charge >= 0.3 is 0 Å². The standard InChI is InChI=1S/C15H22N2O/c1-2-7-15(18)17-11-6-10-14(12-17)16-13-8-4-3-5-9-13/h3-5,8-9,14,16H,2,6-7,10-12H2,1H3/t14-/m1/s1. The van der Waals surface area contributed by atoms with Crippen LogP contribution in [0.2, 0.25) is 0 Å². The third-order valence-corrected chi connectivity index (χ3v) is 3.38. The lowest BCUT2D eigenvalue weighted by molar-refractivity contribution is -0.132. The Balaban J connectivity index is 1.89. The number of likely N-dealkylation sites (tertiary alicyclic amines) is 1. The van der Waals surface area contributed by atoms with Crippen LogP contribution in [0.5, 0.6) is 0 Å². The van der Waals surface area contributed by atoms with E-state index in [1.54, 1.807) is 0 Å². The summed E-state index contributed by atoms with van der Waals surface area (Å²) in [6.07, 6.45) is 3.86. The number of carbonyl (C=O) groups is 1. The van der Waals surface area contributed by atoms with E-state index in [1.807, 2.05) is 23.1 Å². The van der Waals surface area contributed by atoms with Crippen molar-refractivity contribution in [1.29, 1.82) is 0 Å². The largest absolute Gasteiger partial charge is 0.381 e. The predicted octanol–water partition coefficient (Wildman–Crippen LogP) is 2.89. The summed E-state index contributed by atoms with van der Waals surface area (Å²) in [5.41, 5.74) is 1.15. The first-order valence-electron chi connectivity index (χ1n) is 6.89. The number of benzene rings is 1. The molecule has 3 heteroatoms. The van der Waals surface area contributed by atoms with Crippen molar-refractivity contribution in [2.75, 3.05) is 18.4 Å². The highest BCUT2D eigenvalue weighted by Crippen LogP contribution is 2.16. The summed E-state index contributed by atoms with van der Waals surface area (Å²) in [4.78, 5) is 13.9. The highest BCUT2D eigenvalue weighted by atomic mass is 16.2. The molecule has 18 heavy (non-hydrogen) atoms. The summed E-state index contributed by atoms with van der Waals surface area (Å²) in [7, 11) is 0. The number of nitrogens with one attached hydrogen (secondary N) is 1. The second-order valence-electron chi connectivity index (χ2n) is 4.94. The summed E-state index contributed by atoms with van der Waals surface area (Å²) in [5, 5.41) is 3.51. The monoisotopic (exact) mass is 246 g/mol. The Hall–Kier alpha value is -1.51. The molecule has 0 aromatic heterocycles. The number of rotatable bonds is 4. The van der Waals surface area contributed by atoms with Crippen molar-refractivity contribution >= 4 is 11.6 Å². The number of para-hydroxylation sites is 1. The normalized spacial score (nSPS) is 19.6. The maximum Gasteiger partial charge on any atom is 0.222 e. The summed E-state index contributed by atoms with van der Waals surface area (Å²) in [6.45, 7) is 3.82. The van der Waals surface area contributed by atoms with Crippen LogP contribution in [0, 0.1) is 0 Å². The minimum atomic E-state index is 0.303. The van der Waals surface area contributed by atoms with Crippen LogP contribution in [0.1, 0.15) is 32.6 Å². The maximum atomic E-state index is 11.9. The molecule has 1 aromatic carbocycles. The van der Waals surface area contributed by atoms with Crippen molar-refractivity contribution in [2.45, 2.75) is 38.6 Å². The summed E-state index contributed by atoms with van der Waals surface area (Å²) in [6, 6.07) is 10.6. The molecule has 1 aliphatic heterocycles. The number of nitrogens with zero attached hydrogens (tertiary/aromatic N) is 1. The maximum absolute atomic E-state index is 11.9. The van der Waals surface area contributed by atoms with Gasteiger partial charge < -0.3 is 10.2 Å². The molecule has 0 saturated carbocycles. The van der Waals surface area contributed by atoms with Gasteiger partial charge in [0.15, 0.2) is 0 Å². The van der Waals surface area contributed by atoms with E-state index < -0.39 is 0 Å². The lowest BCUT2D eigenvalue weighted by Gasteiger charge is -2.33. The highest BCUT2D eigenvalue weighted by Gasteiger charge is 2.22. The van der Waals surface area contributed by atoms with Crippen LogP contribution in [0.15, 0.2) is 30.3 Å². The SMILES string of the molecule is CCCC(=O)N1CCC[C@@H](Nc2ccccc2)C1. The Bertz CT molecular complexity index is 377. The molecule has 98 valence electrons. The number of piperidine rings is 1. The van der Waals surface area contributed by atoms with Gasteiger partial charge in [0.05, 0.1) is 0 Å². The topological polar surface area (TPSA) is 32.3 Å². The van der Waals surface area contributed by atoms with Crippen LogP contribution in [0.3, 0.4) is 0 Å². The fraction of sp³-hybridized carbons (Fsp3) is 0.533. The molecule has 0 spiro atoms. The highest BCUT2D eigenvalue weighted by molar-refractivity contribution is 5.76. The number of carbonyl (C=O) groups excluding carboxylic acids is 1. The van der Waals surface area contributed by atoms with E-state index in [2.05, 4.69) is 24.4 Å². The third kappa shape index (κ3) is 3.49. The molecule has 0 bridgehead atoms. The molecule has 3 nitrogen and oxygen atoms in total. The average molecular weight is 246 g/mol. The van der Waals surface area contributed by atoms with E-state index in [0.29, 0.717) is 18.4 Å². The van der Waals surface area contributed by atoms with Crippen LogP contribution in [-0.4, -0.2) is 29.9 Å². The predicted molar refractivity (Wildman–Crippen MR) is 74.6 cm³/mol. The van der Waals surface area contributed by atoms with E-state index in [9.17, 15) is 4.79 Å². The van der Waals surface area contributed by atoms with Crippen LogP contribution in [0.4, 0.5) is 5.69 Å². The molecule has 1 heterocycles. The van der Waals surface area contributed by atoms with E-state index >= 15 is 0 Å². The zero-order valence-electron chi connectivity index (χ0n) is 11.1. The fourth-order valence-corrected chi connectivity index (χ4v) is 2.46. The number of anilines is 1. The number of amides is 1. The summed E-state index contributed by atoms with van der Waals surface area (Å²) < 4.78 is 0. The zero-order valence-corrected chi connectivity index (χ0v) is 11.1. The van der Waals surface area contributed by atoms with Crippen LogP contribution >= 0.6 is 0 Å². The first-order valence-corrected chi connectivity index (χ1v) is 6.89. The second kappa shape index (κ2) is 6.43. The van der Waals surface area contributed by atoms with E-state index in [4.69, 9.17) is 0 Å². The minimum Gasteiger partial charge on any atom is -0.381 e. The smallest absolute Gasteiger partial charge is 0.222 e. The second-order valence-corrected chi connectivity index (χ2v) is 4.94. The Morgan fingerprint density at radius 1 is 1.39 bits per heavy atom. The molecule has 1 saturated heterocycles. The lowest BCUT2D eigenvalue weighted by Crippen LogP contribution is -2.45. The van der Waals surface area contributed by atoms with Gasteiger partial charge in [0.25, 0.3) is 0 Å². The molecule has 1 aliphatic rings. The molecular formula is C15H22N2O. The molecule has 0 unspecified atom stereocenters. The van der Waals surface area contributed by atoms with Gasteiger partial charge in [0.2, 0.25) is 5.91 Å². The van der Waals surface area contributed by atoms with Gasteiger partial charge in [-0.05, 0) is 31.4 Å². The van der Waals surface area contributed by atoms with Crippen LogP contribution in [0.25, 0.3) is 0 Å². The average Bonchev–Trinajstić information content (AvgIpc) is 2.40. The van der Waals surface area contributed by atoms with Gasteiger partial charge in [-0.2, -0.15) is 0 Å². The summed E-state index contributed by atoms with van der Waals surface area (Å²) in [5.74, 6) is 0.303. The molecule has 1 aromatic rings. The van der Waals surface area contributed by atoms with Gasteiger partial charge in [-0.25, -0.2) is 0 Å². The van der Waals surface area contributed by atoms with Gasteiger partial charge in [0, 0.05) is 31.2 Å². The Kier molecular flexibility index (Phi) is 4.62. The Morgan fingerprint density at radius 3 is 2.89 bits per heavy atom. The third-order valence-electron chi connectivity index (χ3n) is 3.38. The molecule has 2 rings (SSSR count). The van der Waals surface area contributed by atoms with Crippen molar-refractivity contribution in [3.8, 4) is 0 Å². The number of hydrogen-bond donors (Lipinski definition) is 1. The zero-order chi connectivity index (χ0) is 12.8. The van der Waals surface area contributed by atoms with Crippen molar-refractivity contribution in [3.05, 3.63) is 30.3 Å². The van der Waals surface area contributed by atoms with Crippen molar-refractivity contribution < 1.29 is 4.79 Å². The van der Waals surface area contributed by atoms with Gasteiger partial charge in [0.1, 0.15) is 0 Å². The van der Waals surface area contributed by atoms with E-state index in [0.717, 1.165) is 38.0 Å². The fourth-order valence-electron chi connectivity index (χ4n) is 2.46. The van der Waals surface area contributed by atoms with E-state index in [-0.39, 0.29) is 0 Å². The number of hydrogen-bond acceptors (Lipinski definition) is 2. The molecular weight excluding hydrogens is 224 g/mol. The van der Waals surface area contributed by atoms with Gasteiger partial charge in [-0.15, -0.1) is 0 Å². The molecule has 0 aliphatic carbocycles. The first kappa shape index (κ1) is 12.9. The first-order chi connectivity index (χ1) is 8.79.